The van der Waals surface area contributed by atoms with E-state index in [1.165, 1.54) is 4.57 Å². The van der Waals surface area contributed by atoms with Crippen LogP contribution in [-0.2, 0) is 6.42 Å². The molecule has 0 amide bonds. The second kappa shape index (κ2) is 6.94. The summed E-state index contributed by atoms with van der Waals surface area (Å²) in [6.45, 7) is 0. The molecule has 4 rings (SSSR count). The van der Waals surface area contributed by atoms with Crippen LogP contribution in [0.1, 0.15) is 11.4 Å². The van der Waals surface area contributed by atoms with E-state index in [-0.39, 0.29) is 5.56 Å². The largest absolute Gasteiger partial charge is 0.268 e. The molecule has 3 nitrogen and oxygen atoms in total. The molecule has 0 aliphatic carbocycles. The van der Waals surface area contributed by atoms with Crippen molar-refractivity contribution in [2.24, 2.45) is 0 Å². The van der Waals surface area contributed by atoms with Crippen molar-refractivity contribution >= 4 is 34.1 Å². The number of benzene rings is 3. The minimum Gasteiger partial charge on any atom is -0.268 e. The van der Waals surface area contributed by atoms with Gasteiger partial charge in [0.25, 0.3) is 5.56 Å². The van der Waals surface area contributed by atoms with Crippen LogP contribution in [0.5, 0.6) is 0 Å². The fourth-order valence-corrected chi connectivity index (χ4v) is 3.58. The van der Waals surface area contributed by atoms with Gasteiger partial charge in [-0.1, -0.05) is 71.7 Å². The summed E-state index contributed by atoms with van der Waals surface area (Å²) in [6, 6.07) is 22.4. The molecule has 1 heterocycles. The highest BCUT2D eigenvalue weighted by atomic mass is 35.5. The van der Waals surface area contributed by atoms with Gasteiger partial charge in [0.15, 0.2) is 0 Å². The standard InChI is InChI=1S/C21H14Cl2N2O/c22-16-10-6-11-17(23)20(16)25-19(13-14-7-2-1-3-8-14)24-18-12-5-4-9-15(18)21(25)26/h1-12H,13H2. The van der Waals surface area contributed by atoms with Crippen molar-refractivity contribution in [3.8, 4) is 5.69 Å². The predicted octanol–water partition coefficient (Wildman–Crippen LogP) is 5.28. The van der Waals surface area contributed by atoms with Crippen molar-refractivity contribution in [1.82, 2.24) is 9.55 Å². The van der Waals surface area contributed by atoms with Crippen molar-refractivity contribution in [2.45, 2.75) is 6.42 Å². The van der Waals surface area contributed by atoms with Gasteiger partial charge < -0.3 is 0 Å². The quantitative estimate of drug-likeness (QED) is 0.484. The van der Waals surface area contributed by atoms with Crippen LogP contribution in [0.25, 0.3) is 16.6 Å². The highest BCUT2D eigenvalue weighted by molar-refractivity contribution is 6.37. The van der Waals surface area contributed by atoms with E-state index in [4.69, 9.17) is 28.2 Å². The summed E-state index contributed by atoms with van der Waals surface area (Å²) < 4.78 is 1.53. The number of hydrogen-bond donors (Lipinski definition) is 0. The first-order valence-electron chi connectivity index (χ1n) is 8.14. The third-order valence-corrected chi connectivity index (χ3v) is 4.82. The van der Waals surface area contributed by atoms with Crippen molar-refractivity contribution in [2.75, 3.05) is 0 Å². The average Bonchev–Trinajstić information content (AvgIpc) is 2.65. The van der Waals surface area contributed by atoms with Gasteiger partial charge in [-0.3, -0.25) is 9.36 Å². The van der Waals surface area contributed by atoms with E-state index >= 15 is 0 Å². The number of nitrogens with zero attached hydrogens (tertiary/aromatic N) is 2. The van der Waals surface area contributed by atoms with Gasteiger partial charge in [-0.15, -0.1) is 0 Å². The smallest absolute Gasteiger partial charge is 0.266 e. The molecule has 1 aromatic heterocycles. The molecule has 0 fully saturated rings. The Morgan fingerprint density at radius 1 is 0.808 bits per heavy atom. The lowest BCUT2D eigenvalue weighted by Gasteiger charge is -2.16. The third kappa shape index (κ3) is 3.00. The minimum atomic E-state index is -0.184. The Labute approximate surface area is 160 Å². The van der Waals surface area contributed by atoms with Crippen molar-refractivity contribution < 1.29 is 0 Å². The third-order valence-electron chi connectivity index (χ3n) is 4.21. The molecule has 5 heteroatoms. The molecular formula is C21H14Cl2N2O. The zero-order chi connectivity index (χ0) is 18.1. The Morgan fingerprint density at radius 3 is 2.19 bits per heavy atom. The summed E-state index contributed by atoms with van der Waals surface area (Å²) in [6.07, 6.45) is 0.489. The lowest BCUT2D eigenvalue weighted by molar-refractivity contribution is 0.850. The van der Waals surface area contributed by atoms with Gasteiger partial charge in [0, 0.05) is 6.42 Å². The first-order chi connectivity index (χ1) is 12.6. The van der Waals surface area contributed by atoms with E-state index in [1.54, 1.807) is 24.3 Å². The van der Waals surface area contributed by atoms with Crippen molar-refractivity contribution in [1.29, 1.82) is 0 Å². The van der Waals surface area contributed by atoms with Gasteiger partial charge in [-0.25, -0.2) is 4.98 Å². The highest BCUT2D eigenvalue weighted by Crippen LogP contribution is 2.29. The van der Waals surface area contributed by atoms with E-state index in [1.807, 2.05) is 48.5 Å². The first-order valence-corrected chi connectivity index (χ1v) is 8.90. The maximum Gasteiger partial charge on any atom is 0.266 e. The number of halogens is 2. The number of hydrogen-bond acceptors (Lipinski definition) is 2. The minimum absolute atomic E-state index is 0.184. The predicted molar refractivity (Wildman–Crippen MR) is 107 cm³/mol. The van der Waals surface area contributed by atoms with Crippen LogP contribution in [-0.4, -0.2) is 9.55 Å². The number of rotatable bonds is 3. The molecular weight excluding hydrogens is 367 g/mol. The van der Waals surface area contributed by atoms with Gasteiger partial charge in [-0.05, 0) is 29.8 Å². The van der Waals surface area contributed by atoms with Gasteiger partial charge in [0.2, 0.25) is 0 Å². The molecule has 4 aromatic rings. The molecule has 0 radical (unpaired) electrons. The molecule has 0 saturated carbocycles. The molecule has 0 spiro atoms. The Kier molecular flexibility index (Phi) is 4.49. The van der Waals surface area contributed by atoms with E-state index in [0.717, 1.165) is 5.56 Å². The fourth-order valence-electron chi connectivity index (χ4n) is 3.01. The molecule has 0 atom stereocenters. The Morgan fingerprint density at radius 2 is 1.46 bits per heavy atom. The summed E-state index contributed by atoms with van der Waals surface area (Å²) in [5.41, 5.74) is 1.98. The van der Waals surface area contributed by atoms with Crippen molar-refractivity contribution in [3.05, 3.63) is 105 Å². The molecule has 26 heavy (non-hydrogen) atoms. The lowest BCUT2D eigenvalue weighted by atomic mass is 10.1. The maximum atomic E-state index is 13.3. The van der Waals surface area contributed by atoms with Gasteiger partial charge in [0.05, 0.1) is 26.6 Å². The summed E-state index contributed by atoms with van der Waals surface area (Å²) in [7, 11) is 0. The molecule has 0 bridgehead atoms. The fraction of sp³-hybridized carbons (Fsp3) is 0.0476. The van der Waals surface area contributed by atoms with E-state index in [0.29, 0.717) is 38.9 Å². The Bertz CT molecular complexity index is 1130. The molecule has 0 N–H and O–H groups in total. The molecule has 0 aliphatic heterocycles. The molecule has 0 aliphatic rings. The normalized spacial score (nSPS) is 11.0. The van der Waals surface area contributed by atoms with E-state index < -0.39 is 0 Å². The van der Waals surface area contributed by atoms with Crippen molar-refractivity contribution in [3.63, 3.8) is 0 Å². The maximum absolute atomic E-state index is 13.3. The van der Waals surface area contributed by atoms with Crippen LogP contribution in [0.4, 0.5) is 0 Å². The summed E-state index contributed by atoms with van der Waals surface area (Å²) >= 11 is 12.8. The lowest BCUT2D eigenvalue weighted by Crippen LogP contribution is -2.24. The molecule has 128 valence electrons. The topological polar surface area (TPSA) is 34.9 Å². The monoisotopic (exact) mass is 380 g/mol. The van der Waals surface area contributed by atoms with Crippen LogP contribution in [0.15, 0.2) is 77.6 Å². The van der Waals surface area contributed by atoms with E-state index in [2.05, 4.69) is 0 Å². The van der Waals surface area contributed by atoms with Crippen LogP contribution in [0.2, 0.25) is 10.0 Å². The van der Waals surface area contributed by atoms with Crippen LogP contribution in [0.3, 0.4) is 0 Å². The second-order valence-electron chi connectivity index (χ2n) is 5.92. The molecule has 0 unspecified atom stereocenters. The second-order valence-corrected chi connectivity index (χ2v) is 6.73. The summed E-state index contributed by atoms with van der Waals surface area (Å²) in [5.74, 6) is 0.593. The molecule has 0 saturated heterocycles. The summed E-state index contributed by atoms with van der Waals surface area (Å²) in [5, 5.41) is 1.34. The Hall–Kier alpha value is -2.62. The summed E-state index contributed by atoms with van der Waals surface area (Å²) in [4.78, 5) is 18.0. The number of fused-ring (bicyclic) bond motifs is 1. The zero-order valence-corrected chi connectivity index (χ0v) is 15.2. The van der Waals surface area contributed by atoms with Gasteiger partial charge in [-0.2, -0.15) is 0 Å². The van der Waals surface area contributed by atoms with E-state index in [9.17, 15) is 4.79 Å². The Balaban J connectivity index is 2.05. The van der Waals surface area contributed by atoms with Gasteiger partial charge >= 0.3 is 0 Å². The highest BCUT2D eigenvalue weighted by Gasteiger charge is 2.17. The van der Waals surface area contributed by atoms with Crippen LogP contribution < -0.4 is 5.56 Å². The SMILES string of the molecule is O=c1c2ccccc2nc(Cc2ccccc2)n1-c1c(Cl)cccc1Cl. The van der Waals surface area contributed by atoms with Gasteiger partial charge in [0.1, 0.15) is 5.82 Å². The average molecular weight is 381 g/mol. The van der Waals surface area contributed by atoms with Crippen LogP contribution in [0, 0.1) is 0 Å². The first kappa shape index (κ1) is 16.8. The van der Waals surface area contributed by atoms with Crippen LogP contribution >= 0.6 is 23.2 Å². The number of aromatic nitrogens is 2. The number of para-hydroxylation sites is 2. The zero-order valence-electron chi connectivity index (χ0n) is 13.7. The molecule has 3 aromatic carbocycles.